The molecule has 0 aliphatic carbocycles. The second-order valence-electron chi connectivity index (χ2n) is 6.03. The number of nitrogens with one attached hydrogen (secondary N) is 1. The molecule has 0 aliphatic heterocycles. The first kappa shape index (κ1) is 19.2. The number of carbonyl (C=O) groups is 1. The van der Waals surface area contributed by atoms with Crippen molar-refractivity contribution in [1.82, 2.24) is 4.98 Å². The molecule has 0 unspecified atom stereocenters. The van der Waals surface area contributed by atoms with Gasteiger partial charge < -0.3 is 14.5 Å². The minimum Gasteiger partial charge on any atom is -0.488 e. The van der Waals surface area contributed by atoms with E-state index in [0.29, 0.717) is 12.3 Å². The van der Waals surface area contributed by atoms with Gasteiger partial charge >= 0.3 is 5.97 Å². The zero-order valence-electron chi connectivity index (χ0n) is 15.6. The van der Waals surface area contributed by atoms with Crippen molar-refractivity contribution in [1.29, 1.82) is 0 Å². The molecule has 0 spiro atoms. The van der Waals surface area contributed by atoms with Crippen LogP contribution in [-0.2, 0) is 11.3 Å². The van der Waals surface area contributed by atoms with Gasteiger partial charge in [-0.1, -0.05) is 48.5 Å². The molecule has 142 valence electrons. The van der Waals surface area contributed by atoms with Crippen LogP contribution in [0.3, 0.4) is 0 Å². The number of aromatic amines is 1. The normalized spacial score (nSPS) is 10.8. The Morgan fingerprint density at radius 3 is 2.54 bits per heavy atom. The van der Waals surface area contributed by atoms with Gasteiger partial charge in [-0.3, -0.25) is 4.79 Å². The maximum Gasteiger partial charge on any atom is 0.343 e. The van der Waals surface area contributed by atoms with E-state index in [4.69, 9.17) is 9.47 Å². The van der Waals surface area contributed by atoms with Crippen LogP contribution in [0.2, 0.25) is 0 Å². The first-order chi connectivity index (χ1) is 13.7. The fraction of sp³-hybridized carbons (Fsp3) is 0.130. The SMILES string of the molecule is CCOC(=O)c1c[nH]c(C=Cc2ccccc2OCc2ccccc2)cc1=O. The average Bonchev–Trinajstić information content (AvgIpc) is 2.72. The Labute approximate surface area is 163 Å². The Balaban J connectivity index is 1.75. The van der Waals surface area contributed by atoms with E-state index in [1.54, 1.807) is 13.0 Å². The van der Waals surface area contributed by atoms with E-state index >= 15 is 0 Å². The zero-order valence-corrected chi connectivity index (χ0v) is 15.6. The van der Waals surface area contributed by atoms with Crippen LogP contribution in [0, 0.1) is 0 Å². The lowest BCUT2D eigenvalue weighted by Gasteiger charge is -2.09. The Kier molecular flexibility index (Phi) is 6.41. The fourth-order valence-electron chi connectivity index (χ4n) is 2.62. The van der Waals surface area contributed by atoms with Crippen molar-refractivity contribution in [2.75, 3.05) is 6.61 Å². The summed E-state index contributed by atoms with van der Waals surface area (Å²) in [5, 5.41) is 0. The molecule has 2 aromatic carbocycles. The van der Waals surface area contributed by atoms with Crippen molar-refractivity contribution in [3.63, 3.8) is 0 Å². The predicted octanol–water partition coefficient (Wildman–Crippen LogP) is 4.30. The molecule has 0 atom stereocenters. The summed E-state index contributed by atoms with van der Waals surface area (Å²) in [5.74, 6) is 0.118. The zero-order chi connectivity index (χ0) is 19.8. The van der Waals surface area contributed by atoms with Gasteiger partial charge in [0.1, 0.15) is 17.9 Å². The van der Waals surface area contributed by atoms with Gasteiger partial charge in [0, 0.05) is 23.5 Å². The fourth-order valence-corrected chi connectivity index (χ4v) is 2.62. The minimum absolute atomic E-state index is 0.00871. The molecule has 0 radical (unpaired) electrons. The predicted molar refractivity (Wildman–Crippen MR) is 109 cm³/mol. The first-order valence-corrected chi connectivity index (χ1v) is 9.01. The number of aromatic nitrogens is 1. The van der Waals surface area contributed by atoms with Crippen LogP contribution in [0.5, 0.6) is 5.75 Å². The third kappa shape index (κ3) is 4.98. The van der Waals surface area contributed by atoms with Gasteiger partial charge in [-0.15, -0.1) is 0 Å². The van der Waals surface area contributed by atoms with Crippen LogP contribution >= 0.6 is 0 Å². The Morgan fingerprint density at radius 2 is 1.79 bits per heavy atom. The van der Waals surface area contributed by atoms with E-state index in [9.17, 15) is 9.59 Å². The van der Waals surface area contributed by atoms with Crippen molar-refractivity contribution < 1.29 is 14.3 Å². The van der Waals surface area contributed by atoms with Crippen molar-refractivity contribution in [3.05, 3.63) is 99.5 Å². The summed E-state index contributed by atoms with van der Waals surface area (Å²) in [7, 11) is 0. The number of esters is 1. The molecular formula is C23H21NO4. The van der Waals surface area contributed by atoms with Crippen LogP contribution in [0.4, 0.5) is 0 Å². The summed E-state index contributed by atoms with van der Waals surface area (Å²) >= 11 is 0. The van der Waals surface area contributed by atoms with E-state index in [2.05, 4.69) is 4.98 Å². The van der Waals surface area contributed by atoms with Crippen LogP contribution in [-0.4, -0.2) is 17.6 Å². The van der Waals surface area contributed by atoms with Gasteiger partial charge in [-0.2, -0.15) is 0 Å². The highest BCUT2D eigenvalue weighted by atomic mass is 16.5. The molecule has 0 aliphatic rings. The largest absolute Gasteiger partial charge is 0.488 e. The molecule has 5 nitrogen and oxygen atoms in total. The summed E-state index contributed by atoms with van der Waals surface area (Å²) < 4.78 is 10.8. The van der Waals surface area contributed by atoms with Gasteiger partial charge in [0.05, 0.1) is 6.61 Å². The molecule has 3 rings (SSSR count). The highest BCUT2D eigenvalue weighted by Gasteiger charge is 2.11. The molecule has 0 bridgehead atoms. The van der Waals surface area contributed by atoms with E-state index < -0.39 is 5.97 Å². The number of pyridine rings is 1. The summed E-state index contributed by atoms with van der Waals surface area (Å²) in [4.78, 5) is 26.8. The van der Waals surface area contributed by atoms with Crippen molar-refractivity contribution in [2.24, 2.45) is 0 Å². The number of hydrogen-bond acceptors (Lipinski definition) is 4. The van der Waals surface area contributed by atoms with E-state index in [0.717, 1.165) is 16.9 Å². The first-order valence-electron chi connectivity index (χ1n) is 9.01. The van der Waals surface area contributed by atoms with E-state index in [1.165, 1.54) is 12.3 Å². The smallest absolute Gasteiger partial charge is 0.343 e. The average molecular weight is 375 g/mol. The van der Waals surface area contributed by atoms with Gasteiger partial charge in [0.2, 0.25) is 0 Å². The number of carbonyl (C=O) groups excluding carboxylic acids is 1. The molecule has 0 amide bonds. The monoisotopic (exact) mass is 375 g/mol. The number of ether oxygens (including phenoxy) is 2. The van der Waals surface area contributed by atoms with E-state index in [-0.39, 0.29) is 17.6 Å². The summed E-state index contributed by atoms with van der Waals surface area (Å²) in [5.41, 5.74) is 2.15. The molecule has 3 aromatic rings. The number of benzene rings is 2. The van der Waals surface area contributed by atoms with Crippen LogP contribution in [0.15, 0.2) is 71.7 Å². The molecule has 0 saturated heterocycles. The van der Waals surface area contributed by atoms with Crippen molar-refractivity contribution >= 4 is 18.1 Å². The van der Waals surface area contributed by atoms with E-state index in [1.807, 2.05) is 60.7 Å². The second kappa shape index (κ2) is 9.37. The lowest BCUT2D eigenvalue weighted by molar-refractivity contribution is 0.0524. The Morgan fingerprint density at radius 1 is 1.04 bits per heavy atom. The van der Waals surface area contributed by atoms with Gasteiger partial charge in [0.25, 0.3) is 0 Å². The van der Waals surface area contributed by atoms with Gasteiger partial charge in [-0.05, 0) is 30.7 Å². The number of hydrogen-bond donors (Lipinski definition) is 1. The van der Waals surface area contributed by atoms with Crippen LogP contribution in [0.1, 0.15) is 34.1 Å². The highest BCUT2D eigenvalue weighted by molar-refractivity contribution is 5.89. The van der Waals surface area contributed by atoms with Crippen molar-refractivity contribution in [2.45, 2.75) is 13.5 Å². The number of para-hydroxylation sites is 1. The van der Waals surface area contributed by atoms with Crippen molar-refractivity contribution in [3.8, 4) is 5.75 Å². The summed E-state index contributed by atoms with van der Waals surface area (Å²) in [6.45, 7) is 2.39. The molecule has 28 heavy (non-hydrogen) atoms. The molecule has 1 aromatic heterocycles. The third-order valence-corrected chi connectivity index (χ3v) is 4.03. The molecule has 0 saturated carbocycles. The topological polar surface area (TPSA) is 68.4 Å². The lowest BCUT2D eigenvalue weighted by Crippen LogP contribution is -2.17. The Bertz CT molecular complexity index is 1020. The molecule has 0 fully saturated rings. The standard InChI is InChI=1S/C23H21NO4/c1-2-27-23(26)20-15-24-19(14-21(20)25)13-12-18-10-6-7-11-22(18)28-16-17-8-4-3-5-9-17/h3-15H,2,16H2,1H3,(H,24,25). The number of H-pyrrole nitrogens is 1. The van der Waals surface area contributed by atoms with Gasteiger partial charge in [-0.25, -0.2) is 4.79 Å². The molecular weight excluding hydrogens is 354 g/mol. The second-order valence-corrected chi connectivity index (χ2v) is 6.03. The lowest BCUT2D eigenvalue weighted by atomic mass is 10.1. The molecule has 1 N–H and O–H groups in total. The van der Waals surface area contributed by atoms with Gasteiger partial charge in [0.15, 0.2) is 5.43 Å². The maximum absolute atomic E-state index is 12.1. The van der Waals surface area contributed by atoms with Crippen LogP contribution < -0.4 is 10.2 Å². The Hall–Kier alpha value is -3.60. The summed E-state index contributed by atoms with van der Waals surface area (Å²) in [6, 6.07) is 19.0. The molecule has 5 heteroatoms. The number of rotatable bonds is 7. The summed E-state index contributed by atoms with van der Waals surface area (Å²) in [6.07, 6.45) is 4.99. The molecule has 1 heterocycles. The minimum atomic E-state index is -0.626. The highest BCUT2D eigenvalue weighted by Crippen LogP contribution is 2.21. The maximum atomic E-state index is 12.1. The van der Waals surface area contributed by atoms with Crippen LogP contribution in [0.25, 0.3) is 12.2 Å². The quantitative estimate of drug-likeness (QED) is 0.625. The third-order valence-electron chi connectivity index (χ3n) is 4.03.